The summed E-state index contributed by atoms with van der Waals surface area (Å²) in [5.74, 6) is 0. The Labute approximate surface area is 203 Å². The van der Waals surface area contributed by atoms with Crippen LogP contribution in [0.5, 0.6) is 0 Å². The summed E-state index contributed by atoms with van der Waals surface area (Å²) < 4.78 is 29.8. The van der Waals surface area contributed by atoms with Crippen LogP contribution in [0.25, 0.3) is 16.7 Å². The molecule has 5 aromatic rings. The van der Waals surface area contributed by atoms with E-state index < -0.39 is 15.4 Å². The summed E-state index contributed by atoms with van der Waals surface area (Å²) in [5, 5.41) is 9.85. The van der Waals surface area contributed by atoms with E-state index in [9.17, 15) is 13.2 Å². The van der Waals surface area contributed by atoms with Crippen molar-refractivity contribution >= 4 is 49.7 Å². The maximum Gasteiger partial charge on any atom is 0.267 e. The van der Waals surface area contributed by atoms with E-state index in [1.165, 1.54) is 39.3 Å². The first-order valence-corrected chi connectivity index (χ1v) is 12.3. The third kappa shape index (κ3) is 3.79. The van der Waals surface area contributed by atoms with E-state index in [-0.39, 0.29) is 32.9 Å². The number of benzene rings is 2. The number of hydrogen-bond donors (Lipinski definition) is 1. The van der Waals surface area contributed by atoms with Crippen molar-refractivity contribution in [2.75, 3.05) is 0 Å². The number of nitrogens with one attached hydrogen (secondary N) is 1. The smallest absolute Gasteiger partial charge is 0.267 e. The van der Waals surface area contributed by atoms with Crippen molar-refractivity contribution in [3.8, 4) is 0 Å². The molecule has 170 valence electrons. The number of pyridine rings is 2. The van der Waals surface area contributed by atoms with Gasteiger partial charge in [0.1, 0.15) is 21.7 Å². The molecule has 0 radical (unpaired) electrons. The Morgan fingerprint density at radius 1 is 0.912 bits per heavy atom. The lowest BCUT2D eigenvalue weighted by molar-refractivity contribution is 0.591. The minimum absolute atomic E-state index is 0.0309. The largest absolute Gasteiger partial charge is 0.305 e. The summed E-state index contributed by atoms with van der Waals surface area (Å²) in [5.41, 5.74) is 0.645. The summed E-state index contributed by atoms with van der Waals surface area (Å²) >= 11 is 11.9. The maximum atomic E-state index is 13.5. The van der Waals surface area contributed by atoms with E-state index in [1.807, 2.05) is 0 Å². The molecule has 7 nitrogen and oxygen atoms in total. The predicted molar refractivity (Wildman–Crippen MR) is 130 cm³/mol. The van der Waals surface area contributed by atoms with Crippen molar-refractivity contribution < 1.29 is 8.42 Å². The van der Waals surface area contributed by atoms with Gasteiger partial charge in [-0.2, -0.15) is 0 Å². The highest BCUT2D eigenvalue weighted by molar-refractivity contribution is 7.91. The fourth-order valence-corrected chi connectivity index (χ4v) is 5.37. The van der Waals surface area contributed by atoms with Crippen LogP contribution in [0, 0.1) is 5.41 Å². The Kier molecular flexibility index (Phi) is 5.51. The van der Waals surface area contributed by atoms with Gasteiger partial charge in [0.2, 0.25) is 9.84 Å². The number of aromatic nitrogens is 3. The first kappa shape index (κ1) is 22.3. The zero-order valence-corrected chi connectivity index (χ0v) is 19.8. The molecular weight excluding hydrogens is 495 g/mol. The molecule has 0 unspecified atom stereocenters. The normalized spacial score (nSPS) is 11.8. The van der Waals surface area contributed by atoms with Crippen LogP contribution in [0.1, 0.15) is 5.56 Å². The second-order valence-corrected chi connectivity index (χ2v) is 10.4. The van der Waals surface area contributed by atoms with Gasteiger partial charge in [-0.05, 0) is 60.2 Å². The van der Waals surface area contributed by atoms with Gasteiger partial charge >= 0.3 is 0 Å². The second-order valence-electron chi connectivity index (χ2n) is 7.61. The minimum atomic E-state index is -4.13. The molecule has 0 spiro atoms. The van der Waals surface area contributed by atoms with Gasteiger partial charge in [-0.3, -0.25) is 14.6 Å². The molecule has 0 bridgehead atoms. The first-order valence-electron chi connectivity index (χ1n) is 10.1. The van der Waals surface area contributed by atoms with Crippen LogP contribution >= 0.6 is 23.2 Å². The van der Waals surface area contributed by atoms with Crippen molar-refractivity contribution in [3.63, 3.8) is 0 Å². The van der Waals surface area contributed by atoms with Gasteiger partial charge in [-0.15, -0.1) is 0 Å². The summed E-state index contributed by atoms with van der Waals surface area (Å²) in [4.78, 5) is 17.6. The molecule has 0 amide bonds. The summed E-state index contributed by atoms with van der Waals surface area (Å²) in [7, 11) is -4.13. The number of nitrogens with zero attached hydrogens (tertiary/aromatic N) is 3. The average Bonchev–Trinajstić information content (AvgIpc) is 2.82. The van der Waals surface area contributed by atoms with Crippen molar-refractivity contribution in [1.82, 2.24) is 14.0 Å². The fraction of sp³-hybridized carbons (Fsp3) is 0.0417. The van der Waals surface area contributed by atoms with Crippen molar-refractivity contribution in [2.24, 2.45) is 0 Å². The van der Waals surface area contributed by atoms with E-state index in [0.717, 1.165) is 5.56 Å². The number of hydrogen-bond acceptors (Lipinski definition) is 5. The maximum absolute atomic E-state index is 13.5. The first-order chi connectivity index (χ1) is 16.3. The van der Waals surface area contributed by atoms with Gasteiger partial charge in [0.05, 0.1) is 16.8 Å². The zero-order valence-electron chi connectivity index (χ0n) is 17.4. The molecule has 3 heterocycles. The van der Waals surface area contributed by atoms with E-state index in [0.29, 0.717) is 15.7 Å². The highest BCUT2D eigenvalue weighted by Crippen LogP contribution is 2.23. The molecule has 0 aliphatic heterocycles. The average molecular weight is 511 g/mol. The Bertz CT molecular complexity index is 1790. The quantitative estimate of drug-likeness (QED) is 0.364. The molecule has 2 aromatic carbocycles. The molecule has 0 aliphatic carbocycles. The lowest BCUT2D eigenvalue weighted by Crippen LogP contribution is -2.30. The SMILES string of the molecule is N=c1c(S(=O)(=O)c2ccc(Cl)cc2)cc2c(=O)n3ccccc3nc2n1Cc1ccc(Cl)cc1. The molecule has 0 fully saturated rings. The predicted octanol–water partition coefficient (Wildman–Crippen LogP) is 4.32. The van der Waals surface area contributed by atoms with E-state index in [4.69, 9.17) is 28.6 Å². The van der Waals surface area contributed by atoms with Crippen LogP contribution in [0.4, 0.5) is 0 Å². The Hall–Kier alpha value is -3.46. The molecule has 5 rings (SSSR count). The number of rotatable bonds is 4. The molecule has 1 N–H and O–H groups in total. The van der Waals surface area contributed by atoms with Crippen LogP contribution in [-0.2, 0) is 16.4 Å². The summed E-state index contributed by atoms with van der Waals surface area (Å²) in [6, 6.07) is 19.0. The Morgan fingerprint density at radius 2 is 1.56 bits per heavy atom. The topological polar surface area (TPSA) is 97.3 Å². The number of sulfone groups is 1. The zero-order chi connectivity index (χ0) is 24.0. The Balaban J connectivity index is 1.86. The molecular formula is C24H16Cl2N4O3S. The van der Waals surface area contributed by atoms with Gasteiger partial charge in [-0.1, -0.05) is 41.4 Å². The lowest BCUT2D eigenvalue weighted by atomic mass is 10.2. The van der Waals surface area contributed by atoms with E-state index in [2.05, 4.69) is 4.98 Å². The molecule has 0 aliphatic rings. The van der Waals surface area contributed by atoms with Crippen molar-refractivity contribution in [3.05, 3.63) is 110 Å². The van der Waals surface area contributed by atoms with Crippen LogP contribution in [0.15, 0.2) is 93.6 Å². The van der Waals surface area contributed by atoms with Crippen molar-refractivity contribution in [1.29, 1.82) is 5.41 Å². The van der Waals surface area contributed by atoms with Crippen LogP contribution < -0.4 is 11.0 Å². The standard InChI is InChI=1S/C24H16Cl2N4O3S/c25-16-6-4-15(5-7-16)14-30-22(27)20(34(32,33)18-10-8-17(26)9-11-18)13-19-23(30)28-21-3-1-2-12-29(21)24(19)31/h1-13,27H,14H2. The van der Waals surface area contributed by atoms with E-state index in [1.54, 1.807) is 48.7 Å². The van der Waals surface area contributed by atoms with Gasteiger partial charge in [-0.25, -0.2) is 13.4 Å². The highest BCUT2D eigenvalue weighted by Gasteiger charge is 2.24. The molecule has 0 saturated carbocycles. The summed E-state index contributed by atoms with van der Waals surface area (Å²) in [6.45, 7) is 0.117. The Morgan fingerprint density at radius 3 is 2.24 bits per heavy atom. The molecule has 34 heavy (non-hydrogen) atoms. The van der Waals surface area contributed by atoms with Gasteiger partial charge in [0.25, 0.3) is 5.56 Å². The van der Waals surface area contributed by atoms with Gasteiger partial charge in [0.15, 0.2) is 0 Å². The van der Waals surface area contributed by atoms with E-state index >= 15 is 0 Å². The van der Waals surface area contributed by atoms with Crippen LogP contribution in [0.3, 0.4) is 0 Å². The van der Waals surface area contributed by atoms with Crippen LogP contribution in [0.2, 0.25) is 10.0 Å². The highest BCUT2D eigenvalue weighted by atomic mass is 35.5. The fourth-order valence-electron chi connectivity index (χ4n) is 3.73. The number of fused-ring (bicyclic) bond motifs is 2. The lowest BCUT2D eigenvalue weighted by Gasteiger charge is -2.15. The minimum Gasteiger partial charge on any atom is -0.305 e. The van der Waals surface area contributed by atoms with Gasteiger partial charge in [0, 0.05) is 16.2 Å². The third-order valence-electron chi connectivity index (χ3n) is 5.45. The third-order valence-corrected chi connectivity index (χ3v) is 7.74. The van der Waals surface area contributed by atoms with Crippen LogP contribution in [-0.4, -0.2) is 22.4 Å². The molecule has 0 atom stereocenters. The van der Waals surface area contributed by atoms with Crippen molar-refractivity contribution in [2.45, 2.75) is 16.3 Å². The molecule has 0 saturated heterocycles. The second kappa shape index (κ2) is 8.39. The van der Waals surface area contributed by atoms with Gasteiger partial charge < -0.3 is 4.57 Å². The molecule has 3 aromatic heterocycles. The summed E-state index contributed by atoms with van der Waals surface area (Å²) in [6.07, 6.45) is 1.57. The number of halogens is 2. The molecule has 10 heteroatoms. The monoisotopic (exact) mass is 510 g/mol.